The second-order valence-electron chi connectivity index (χ2n) is 6.98. The SMILES string of the molecule is CCNC(=NCCc1csc(N2CCCC2)n1)NC1CCC(=O)N(C)C1. The molecule has 1 unspecified atom stereocenters. The van der Waals surface area contributed by atoms with Gasteiger partial charge in [0.2, 0.25) is 5.91 Å². The molecule has 1 amide bonds. The van der Waals surface area contributed by atoms with Gasteiger partial charge in [-0.1, -0.05) is 0 Å². The highest BCUT2D eigenvalue weighted by molar-refractivity contribution is 7.13. The van der Waals surface area contributed by atoms with Crippen LogP contribution in [-0.2, 0) is 11.2 Å². The Morgan fingerprint density at radius 2 is 2.23 bits per heavy atom. The maximum absolute atomic E-state index is 11.6. The molecule has 2 N–H and O–H groups in total. The van der Waals surface area contributed by atoms with Crippen molar-refractivity contribution in [3.63, 3.8) is 0 Å². The molecule has 0 bridgehead atoms. The molecule has 2 saturated heterocycles. The number of aromatic nitrogens is 1. The maximum atomic E-state index is 11.6. The maximum Gasteiger partial charge on any atom is 0.222 e. The van der Waals surface area contributed by atoms with Crippen LogP contribution in [0.3, 0.4) is 0 Å². The molecule has 1 aromatic rings. The first-order valence-corrected chi connectivity index (χ1v) is 10.5. The first-order valence-electron chi connectivity index (χ1n) is 9.64. The number of thiazole rings is 1. The molecule has 1 atom stereocenters. The van der Waals surface area contributed by atoms with E-state index >= 15 is 0 Å². The van der Waals surface area contributed by atoms with Crippen molar-refractivity contribution in [1.29, 1.82) is 0 Å². The predicted octanol–water partition coefficient (Wildman–Crippen LogP) is 1.46. The summed E-state index contributed by atoms with van der Waals surface area (Å²) in [4.78, 5) is 25.2. The van der Waals surface area contributed by atoms with E-state index in [0.29, 0.717) is 13.0 Å². The summed E-state index contributed by atoms with van der Waals surface area (Å²) in [6.07, 6.45) is 4.87. The molecule has 144 valence electrons. The van der Waals surface area contributed by atoms with E-state index in [4.69, 9.17) is 9.98 Å². The summed E-state index contributed by atoms with van der Waals surface area (Å²) in [5.74, 6) is 1.05. The summed E-state index contributed by atoms with van der Waals surface area (Å²) < 4.78 is 0. The van der Waals surface area contributed by atoms with Crippen molar-refractivity contribution in [2.24, 2.45) is 4.99 Å². The van der Waals surface area contributed by atoms with E-state index in [0.717, 1.165) is 55.8 Å². The normalized spacial score (nSPS) is 21.4. The van der Waals surface area contributed by atoms with E-state index < -0.39 is 0 Å². The Kier molecular flexibility index (Phi) is 6.71. The number of rotatable bonds is 6. The minimum Gasteiger partial charge on any atom is -0.357 e. The van der Waals surface area contributed by atoms with Crippen LogP contribution in [-0.4, -0.2) is 67.6 Å². The molecule has 8 heteroatoms. The lowest BCUT2D eigenvalue weighted by molar-refractivity contribution is -0.132. The monoisotopic (exact) mass is 378 g/mol. The van der Waals surface area contributed by atoms with Gasteiger partial charge in [-0.2, -0.15) is 0 Å². The minimum atomic E-state index is 0.224. The van der Waals surface area contributed by atoms with Crippen molar-refractivity contribution in [3.8, 4) is 0 Å². The van der Waals surface area contributed by atoms with Gasteiger partial charge < -0.3 is 20.4 Å². The largest absolute Gasteiger partial charge is 0.357 e. The molecular weight excluding hydrogens is 348 g/mol. The average Bonchev–Trinajstić information content (AvgIpc) is 3.29. The van der Waals surface area contributed by atoms with Gasteiger partial charge in [-0.25, -0.2) is 4.98 Å². The molecule has 0 aromatic carbocycles. The van der Waals surface area contributed by atoms with Gasteiger partial charge in [0.25, 0.3) is 0 Å². The Hall–Kier alpha value is -1.83. The van der Waals surface area contributed by atoms with Crippen LogP contribution >= 0.6 is 11.3 Å². The number of hydrogen-bond acceptors (Lipinski definition) is 5. The first kappa shape index (κ1) is 18.9. The number of nitrogens with zero attached hydrogens (tertiary/aromatic N) is 4. The zero-order valence-electron chi connectivity index (χ0n) is 15.8. The molecule has 2 aliphatic heterocycles. The van der Waals surface area contributed by atoms with Crippen LogP contribution in [0, 0.1) is 0 Å². The molecule has 0 spiro atoms. The predicted molar refractivity (Wildman–Crippen MR) is 107 cm³/mol. The number of anilines is 1. The molecule has 0 saturated carbocycles. The second kappa shape index (κ2) is 9.21. The number of carbonyl (C=O) groups is 1. The fraction of sp³-hybridized carbons (Fsp3) is 0.722. The lowest BCUT2D eigenvalue weighted by Crippen LogP contribution is -2.51. The van der Waals surface area contributed by atoms with Crippen LogP contribution in [0.15, 0.2) is 10.4 Å². The Morgan fingerprint density at radius 3 is 2.96 bits per heavy atom. The number of hydrogen-bond donors (Lipinski definition) is 2. The van der Waals surface area contributed by atoms with Gasteiger partial charge in [0.1, 0.15) is 0 Å². The zero-order chi connectivity index (χ0) is 18.4. The molecule has 7 nitrogen and oxygen atoms in total. The summed E-state index contributed by atoms with van der Waals surface area (Å²) in [5.41, 5.74) is 1.12. The quantitative estimate of drug-likeness (QED) is 0.579. The van der Waals surface area contributed by atoms with Gasteiger partial charge in [0, 0.05) is 64.0 Å². The Labute approximate surface area is 159 Å². The van der Waals surface area contributed by atoms with Crippen molar-refractivity contribution < 1.29 is 4.79 Å². The highest BCUT2D eigenvalue weighted by atomic mass is 32.1. The minimum absolute atomic E-state index is 0.224. The number of amides is 1. The number of likely N-dealkylation sites (tertiary alicyclic amines) is 1. The molecule has 2 fully saturated rings. The lowest BCUT2D eigenvalue weighted by atomic mass is 10.1. The summed E-state index contributed by atoms with van der Waals surface area (Å²) in [7, 11) is 1.86. The van der Waals surface area contributed by atoms with Crippen LogP contribution in [0.25, 0.3) is 0 Å². The average molecular weight is 379 g/mol. The highest BCUT2D eigenvalue weighted by Crippen LogP contribution is 2.24. The van der Waals surface area contributed by atoms with Crippen molar-refractivity contribution in [3.05, 3.63) is 11.1 Å². The fourth-order valence-electron chi connectivity index (χ4n) is 3.39. The number of guanidine groups is 1. The molecule has 3 rings (SSSR count). The van der Waals surface area contributed by atoms with Crippen LogP contribution in [0.2, 0.25) is 0 Å². The van der Waals surface area contributed by atoms with Crippen molar-refractivity contribution in [2.45, 2.75) is 45.1 Å². The van der Waals surface area contributed by atoms with Crippen molar-refractivity contribution >= 4 is 28.3 Å². The lowest BCUT2D eigenvalue weighted by Gasteiger charge is -2.31. The molecule has 1 aromatic heterocycles. The summed E-state index contributed by atoms with van der Waals surface area (Å²) in [5, 5.41) is 10.1. The number of piperidine rings is 1. The van der Waals surface area contributed by atoms with Crippen LogP contribution in [0.4, 0.5) is 5.13 Å². The summed E-state index contributed by atoms with van der Waals surface area (Å²) in [6.45, 7) is 6.60. The van der Waals surface area contributed by atoms with Gasteiger partial charge in [0.05, 0.1) is 5.69 Å². The zero-order valence-corrected chi connectivity index (χ0v) is 16.6. The smallest absolute Gasteiger partial charge is 0.222 e. The third-order valence-corrected chi connectivity index (χ3v) is 5.82. The number of nitrogens with one attached hydrogen (secondary N) is 2. The van der Waals surface area contributed by atoms with Gasteiger partial charge in [-0.3, -0.25) is 9.79 Å². The van der Waals surface area contributed by atoms with Crippen molar-refractivity contribution in [2.75, 3.05) is 44.7 Å². The van der Waals surface area contributed by atoms with E-state index in [1.54, 1.807) is 16.2 Å². The van der Waals surface area contributed by atoms with E-state index in [-0.39, 0.29) is 11.9 Å². The van der Waals surface area contributed by atoms with Gasteiger partial charge >= 0.3 is 0 Å². The Bertz CT molecular complexity index is 625. The van der Waals surface area contributed by atoms with Crippen molar-refractivity contribution in [1.82, 2.24) is 20.5 Å². The number of carbonyl (C=O) groups excluding carboxylic acids is 1. The molecule has 2 aliphatic rings. The third kappa shape index (κ3) is 5.09. The molecule has 3 heterocycles. The summed E-state index contributed by atoms with van der Waals surface area (Å²) in [6, 6.07) is 0.261. The van der Waals surface area contributed by atoms with Gasteiger partial charge in [-0.15, -0.1) is 11.3 Å². The standard InChI is InChI=1S/C18H30N6OS/c1-3-19-17(21-14-6-7-16(25)23(2)12-14)20-9-8-15-13-26-18(22-15)24-10-4-5-11-24/h13-14H,3-12H2,1-2H3,(H2,19,20,21). The first-order chi connectivity index (χ1) is 12.7. The number of likely N-dealkylation sites (N-methyl/N-ethyl adjacent to an activating group) is 1. The molecule has 26 heavy (non-hydrogen) atoms. The number of aliphatic imine (C=N–C) groups is 1. The molecule has 0 radical (unpaired) electrons. The summed E-state index contributed by atoms with van der Waals surface area (Å²) >= 11 is 1.74. The molecule has 0 aliphatic carbocycles. The van der Waals surface area contributed by atoms with Crippen LogP contribution < -0.4 is 15.5 Å². The Morgan fingerprint density at radius 1 is 1.42 bits per heavy atom. The van der Waals surface area contributed by atoms with Crippen LogP contribution in [0.5, 0.6) is 0 Å². The molecular formula is C18H30N6OS. The third-order valence-electron chi connectivity index (χ3n) is 4.87. The van der Waals surface area contributed by atoms with E-state index in [1.165, 1.54) is 12.8 Å². The Balaban J connectivity index is 1.50. The van der Waals surface area contributed by atoms with E-state index in [2.05, 4.69) is 27.8 Å². The van der Waals surface area contributed by atoms with Crippen LogP contribution in [0.1, 0.15) is 38.3 Å². The highest BCUT2D eigenvalue weighted by Gasteiger charge is 2.23. The fourth-order valence-corrected chi connectivity index (χ4v) is 4.30. The second-order valence-corrected chi connectivity index (χ2v) is 7.82. The topological polar surface area (TPSA) is 72.9 Å². The van der Waals surface area contributed by atoms with E-state index in [1.807, 2.05) is 7.05 Å². The van der Waals surface area contributed by atoms with Gasteiger partial charge in [-0.05, 0) is 26.2 Å². The van der Waals surface area contributed by atoms with E-state index in [9.17, 15) is 4.79 Å². The van der Waals surface area contributed by atoms with Gasteiger partial charge in [0.15, 0.2) is 11.1 Å².